The number of aliphatic carboxylic acids is 1. The van der Waals surface area contributed by atoms with E-state index in [4.69, 9.17) is 15.6 Å². The van der Waals surface area contributed by atoms with Gasteiger partial charge in [-0.05, 0) is 25.7 Å². The molecule has 0 fully saturated rings. The summed E-state index contributed by atoms with van der Waals surface area (Å²) in [7, 11) is 0. The number of hydrogen-bond acceptors (Lipinski definition) is 4. The van der Waals surface area contributed by atoms with Gasteiger partial charge >= 0.3 is 11.9 Å². The highest BCUT2D eigenvalue weighted by molar-refractivity contribution is 5.72. The van der Waals surface area contributed by atoms with Gasteiger partial charge in [-0.15, -0.1) is 0 Å². The normalized spacial score (nSPS) is 12.1. The summed E-state index contributed by atoms with van der Waals surface area (Å²) in [5.41, 5.74) is 5.32. The van der Waals surface area contributed by atoms with Crippen LogP contribution in [-0.2, 0) is 14.3 Å². The Hall–Kier alpha value is -1.10. The van der Waals surface area contributed by atoms with Gasteiger partial charge in [0, 0.05) is 6.42 Å². The van der Waals surface area contributed by atoms with Crippen LogP contribution in [0, 0.1) is 0 Å². The first-order valence-electron chi connectivity index (χ1n) is 5.72. The number of esters is 1. The van der Waals surface area contributed by atoms with Crippen LogP contribution in [0.3, 0.4) is 0 Å². The van der Waals surface area contributed by atoms with Crippen LogP contribution in [0.4, 0.5) is 0 Å². The van der Waals surface area contributed by atoms with Gasteiger partial charge in [-0.25, -0.2) is 0 Å². The average Bonchev–Trinajstić information content (AvgIpc) is 2.25. The molecule has 5 nitrogen and oxygen atoms in total. The molecule has 0 aromatic carbocycles. The van der Waals surface area contributed by atoms with Crippen molar-refractivity contribution in [3.63, 3.8) is 0 Å². The van der Waals surface area contributed by atoms with E-state index in [0.717, 1.165) is 12.8 Å². The van der Waals surface area contributed by atoms with Gasteiger partial charge in [0.25, 0.3) is 0 Å². The fourth-order valence-electron chi connectivity index (χ4n) is 1.17. The molecule has 16 heavy (non-hydrogen) atoms. The van der Waals surface area contributed by atoms with Gasteiger partial charge in [0.1, 0.15) is 6.04 Å². The van der Waals surface area contributed by atoms with E-state index in [1.165, 1.54) is 0 Å². The Morgan fingerprint density at radius 1 is 1.31 bits per heavy atom. The number of carbonyl (C=O) groups excluding carboxylic acids is 1. The standard InChI is InChI=1S/C11H21NO4/c1-2-3-7-10(13)16-8-5-4-6-9(12)11(14)15/h9H,2-8,12H2,1H3,(H,14,15)/t9-/m0/s1. The smallest absolute Gasteiger partial charge is 0.320 e. The Morgan fingerprint density at radius 2 is 2.00 bits per heavy atom. The van der Waals surface area contributed by atoms with Crippen LogP contribution in [0.5, 0.6) is 0 Å². The summed E-state index contributed by atoms with van der Waals surface area (Å²) in [5.74, 6) is -1.16. The summed E-state index contributed by atoms with van der Waals surface area (Å²) < 4.78 is 4.96. The van der Waals surface area contributed by atoms with Gasteiger partial charge in [0.05, 0.1) is 6.61 Å². The number of unbranched alkanes of at least 4 members (excludes halogenated alkanes) is 2. The number of carboxylic acid groups (broad SMARTS) is 1. The van der Waals surface area contributed by atoms with Gasteiger partial charge in [0.15, 0.2) is 0 Å². The molecule has 0 aromatic rings. The number of ether oxygens (including phenoxy) is 1. The van der Waals surface area contributed by atoms with E-state index in [9.17, 15) is 9.59 Å². The number of nitrogens with two attached hydrogens (primary N) is 1. The summed E-state index contributed by atoms with van der Waals surface area (Å²) in [5, 5.41) is 8.51. The van der Waals surface area contributed by atoms with Crippen LogP contribution in [0.1, 0.15) is 45.4 Å². The molecule has 3 N–H and O–H groups in total. The molecule has 0 saturated carbocycles. The third-order valence-electron chi connectivity index (χ3n) is 2.22. The van der Waals surface area contributed by atoms with E-state index in [1.807, 2.05) is 6.92 Å². The number of carbonyl (C=O) groups is 2. The van der Waals surface area contributed by atoms with Crippen molar-refractivity contribution in [3.05, 3.63) is 0 Å². The summed E-state index contributed by atoms with van der Waals surface area (Å²) in [6.07, 6.45) is 4.03. The third-order valence-corrected chi connectivity index (χ3v) is 2.22. The monoisotopic (exact) mass is 231 g/mol. The maximum atomic E-state index is 11.1. The topological polar surface area (TPSA) is 89.6 Å². The molecular weight excluding hydrogens is 210 g/mol. The zero-order valence-corrected chi connectivity index (χ0v) is 9.78. The lowest BCUT2D eigenvalue weighted by molar-refractivity contribution is -0.144. The van der Waals surface area contributed by atoms with E-state index in [0.29, 0.717) is 32.3 Å². The minimum Gasteiger partial charge on any atom is -0.480 e. The SMILES string of the molecule is CCCCC(=O)OCCCC[C@H](N)C(=O)O. The van der Waals surface area contributed by atoms with Gasteiger partial charge in [-0.2, -0.15) is 0 Å². The molecule has 0 aliphatic heterocycles. The largest absolute Gasteiger partial charge is 0.480 e. The zero-order chi connectivity index (χ0) is 12.4. The summed E-state index contributed by atoms with van der Waals surface area (Å²) in [4.78, 5) is 21.4. The Bertz CT molecular complexity index is 218. The maximum absolute atomic E-state index is 11.1. The first-order valence-corrected chi connectivity index (χ1v) is 5.72. The molecule has 0 aliphatic rings. The van der Waals surface area contributed by atoms with Gasteiger partial charge in [-0.1, -0.05) is 13.3 Å². The number of carboxylic acids is 1. The summed E-state index contributed by atoms with van der Waals surface area (Å²) in [6.45, 7) is 2.37. The molecule has 5 heteroatoms. The van der Waals surface area contributed by atoms with Gasteiger partial charge in [-0.3, -0.25) is 9.59 Å². The lowest BCUT2D eigenvalue weighted by Gasteiger charge is -2.06. The highest BCUT2D eigenvalue weighted by Crippen LogP contribution is 2.02. The molecule has 0 radical (unpaired) electrons. The Labute approximate surface area is 96.0 Å². The van der Waals surface area contributed by atoms with Crippen molar-refractivity contribution >= 4 is 11.9 Å². The second-order valence-electron chi connectivity index (χ2n) is 3.76. The molecular formula is C11H21NO4. The molecule has 0 aliphatic carbocycles. The van der Waals surface area contributed by atoms with Crippen LogP contribution in [-0.4, -0.2) is 29.7 Å². The molecule has 0 unspecified atom stereocenters. The van der Waals surface area contributed by atoms with Crippen molar-refractivity contribution in [3.8, 4) is 0 Å². The van der Waals surface area contributed by atoms with Crippen molar-refractivity contribution in [2.75, 3.05) is 6.61 Å². The fraction of sp³-hybridized carbons (Fsp3) is 0.818. The quantitative estimate of drug-likeness (QED) is 0.461. The van der Waals surface area contributed by atoms with Crippen molar-refractivity contribution in [2.24, 2.45) is 5.73 Å². The van der Waals surface area contributed by atoms with E-state index >= 15 is 0 Å². The lowest BCUT2D eigenvalue weighted by atomic mass is 10.1. The highest BCUT2D eigenvalue weighted by Gasteiger charge is 2.10. The average molecular weight is 231 g/mol. The molecule has 0 aromatic heterocycles. The highest BCUT2D eigenvalue weighted by atomic mass is 16.5. The van der Waals surface area contributed by atoms with E-state index < -0.39 is 12.0 Å². The Kier molecular flexibility index (Phi) is 8.52. The molecule has 0 saturated heterocycles. The predicted molar refractivity (Wildman–Crippen MR) is 59.9 cm³/mol. The van der Waals surface area contributed by atoms with Crippen molar-refractivity contribution in [1.29, 1.82) is 0 Å². The second-order valence-corrected chi connectivity index (χ2v) is 3.76. The zero-order valence-electron chi connectivity index (χ0n) is 9.78. The molecule has 0 rings (SSSR count). The Balaban J connectivity index is 3.33. The Morgan fingerprint density at radius 3 is 2.56 bits per heavy atom. The maximum Gasteiger partial charge on any atom is 0.320 e. The van der Waals surface area contributed by atoms with Crippen molar-refractivity contribution in [1.82, 2.24) is 0 Å². The van der Waals surface area contributed by atoms with Crippen LogP contribution < -0.4 is 5.73 Å². The van der Waals surface area contributed by atoms with Crippen LogP contribution >= 0.6 is 0 Å². The van der Waals surface area contributed by atoms with Crippen LogP contribution in [0.15, 0.2) is 0 Å². The first kappa shape index (κ1) is 14.9. The minimum absolute atomic E-state index is 0.176. The molecule has 0 heterocycles. The molecule has 94 valence electrons. The number of hydrogen-bond donors (Lipinski definition) is 2. The summed E-state index contributed by atoms with van der Waals surface area (Å²) in [6, 6.07) is -0.809. The van der Waals surface area contributed by atoms with E-state index in [1.54, 1.807) is 0 Å². The second kappa shape index (κ2) is 9.15. The third kappa shape index (κ3) is 8.23. The predicted octanol–water partition coefficient (Wildman–Crippen LogP) is 1.30. The molecule has 0 bridgehead atoms. The number of rotatable bonds is 9. The summed E-state index contributed by atoms with van der Waals surface area (Å²) >= 11 is 0. The molecule has 0 spiro atoms. The van der Waals surface area contributed by atoms with Crippen LogP contribution in [0.2, 0.25) is 0 Å². The fourth-order valence-corrected chi connectivity index (χ4v) is 1.17. The molecule has 0 amide bonds. The lowest BCUT2D eigenvalue weighted by Crippen LogP contribution is -2.29. The van der Waals surface area contributed by atoms with Crippen molar-refractivity contribution < 1.29 is 19.4 Å². The van der Waals surface area contributed by atoms with Crippen LogP contribution in [0.25, 0.3) is 0 Å². The van der Waals surface area contributed by atoms with Gasteiger partial charge < -0.3 is 15.6 Å². The van der Waals surface area contributed by atoms with E-state index in [-0.39, 0.29) is 5.97 Å². The van der Waals surface area contributed by atoms with Gasteiger partial charge in [0.2, 0.25) is 0 Å². The minimum atomic E-state index is -0.986. The van der Waals surface area contributed by atoms with Crippen molar-refractivity contribution in [2.45, 2.75) is 51.5 Å². The first-order chi connectivity index (χ1) is 7.57. The van der Waals surface area contributed by atoms with E-state index in [2.05, 4.69) is 0 Å². The molecule has 1 atom stereocenters.